The maximum atomic E-state index is 13.5. The van der Waals surface area contributed by atoms with Crippen molar-refractivity contribution in [2.75, 3.05) is 5.32 Å². The van der Waals surface area contributed by atoms with Gasteiger partial charge in [-0.15, -0.1) is 11.3 Å². The molecule has 1 heterocycles. The number of nitrogens with one attached hydrogen (secondary N) is 1. The third kappa shape index (κ3) is 2.18. The first-order chi connectivity index (χ1) is 9.56. The van der Waals surface area contributed by atoms with Crippen molar-refractivity contribution in [2.45, 2.75) is 19.3 Å². The van der Waals surface area contributed by atoms with E-state index in [0.29, 0.717) is 5.13 Å². The van der Waals surface area contributed by atoms with Gasteiger partial charge in [0.25, 0.3) is 5.91 Å². The van der Waals surface area contributed by atoms with E-state index in [2.05, 4.69) is 10.3 Å². The van der Waals surface area contributed by atoms with Crippen LogP contribution in [0.1, 0.15) is 27.3 Å². The van der Waals surface area contributed by atoms with Gasteiger partial charge in [0.2, 0.25) is 0 Å². The second-order valence-corrected chi connectivity index (χ2v) is 5.50. The van der Waals surface area contributed by atoms with Crippen LogP contribution in [0.15, 0.2) is 12.1 Å². The standard InChI is InChI=1S/C13H9F3N2OS/c14-7-5-4-6(10(15)11(7)16)12(19)18-13-17-8-2-1-3-9(8)20-13/h4-5H,1-3H2,(H,17,18,19). The summed E-state index contributed by atoms with van der Waals surface area (Å²) in [7, 11) is 0. The molecular formula is C13H9F3N2OS. The molecule has 0 saturated heterocycles. The van der Waals surface area contributed by atoms with Crippen LogP contribution in [0.3, 0.4) is 0 Å². The molecule has 1 aliphatic carbocycles. The molecule has 0 radical (unpaired) electrons. The quantitative estimate of drug-likeness (QED) is 0.864. The van der Waals surface area contributed by atoms with Crippen molar-refractivity contribution >= 4 is 22.4 Å². The van der Waals surface area contributed by atoms with Crippen LogP contribution in [0.4, 0.5) is 18.3 Å². The number of carbonyl (C=O) groups excluding carboxylic acids is 1. The molecule has 1 N–H and O–H groups in total. The topological polar surface area (TPSA) is 42.0 Å². The van der Waals surface area contributed by atoms with Gasteiger partial charge in [0, 0.05) is 4.88 Å². The third-order valence-electron chi connectivity index (χ3n) is 3.10. The molecule has 3 rings (SSSR count). The Balaban J connectivity index is 1.84. The highest BCUT2D eigenvalue weighted by molar-refractivity contribution is 7.15. The zero-order chi connectivity index (χ0) is 14.3. The van der Waals surface area contributed by atoms with Gasteiger partial charge in [-0.2, -0.15) is 0 Å². The lowest BCUT2D eigenvalue weighted by Crippen LogP contribution is -2.15. The first-order valence-electron chi connectivity index (χ1n) is 5.99. The first-order valence-corrected chi connectivity index (χ1v) is 6.81. The van der Waals surface area contributed by atoms with Crippen molar-refractivity contribution in [3.8, 4) is 0 Å². The van der Waals surface area contributed by atoms with Crippen LogP contribution in [0, 0.1) is 17.5 Å². The van der Waals surface area contributed by atoms with Gasteiger partial charge in [0.1, 0.15) is 0 Å². The van der Waals surface area contributed by atoms with Crippen molar-refractivity contribution in [2.24, 2.45) is 0 Å². The Morgan fingerprint density at radius 1 is 1.20 bits per heavy atom. The molecule has 1 amide bonds. The van der Waals surface area contributed by atoms with Gasteiger partial charge >= 0.3 is 0 Å². The minimum Gasteiger partial charge on any atom is -0.298 e. The lowest BCUT2D eigenvalue weighted by molar-refractivity contribution is 0.102. The van der Waals surface area contributed by atoms with Crippen LogP contribution in [0.25, 0.3) is 0 Å². The molecule has 20 heavy (non-hydrogen) atoms. The smallest absolute Gasteiger partial charge is 0.260 e. The van der Waals surface area contributed by atoms with Gasteiger partial charge in [0.05, 0.1) is 11.3 Å². The summed E-state index contributed by atoms with van der Waals surface area (Å²) in [5.41, 5.74) is 0.398. The number of carbonyl (C=O) groups is 1. The Labute approximate surface area is 116 Å². The number of benzene rings is 1. The lowest BCUT2D eigenvalue weighted by Gasteiger charge is -2.04. The normalized spacial score (nSPS) is 13.3. The van der Waals surface area contributed by atoms with Crippen LogP contribution in [0.5, 0.6) is 0 Å². The molecule has 3 nitrogen and oxygen atoms in total. The van der Waals surface area contributed by atoms with E-state index in [1.54, 1.807) is 0 Å². The first kappa shape index (κ1) is 13.1. The summed E-state index contributed by atoms with van der Waals surface area (Å²) in [5, 5.41) is 2.77. The molecule has 0 unspecified atom stereocenters. The predicted octanol–water partition coefficient (Wildman–Crippen LogP) is 3.30. The number of rotatable bonds is 2. The Morgan fingerprint density at radius 3 is 2.75 bits per heavy atom. The van der Waals surface area contributed by atoms with Crippen LogP contribution in [0.2, 0.25) is 0 Å². The number of aryl methyl sites for hydroxylation is 2. The number of thiazole rings is 1. The van der Waals surface area contributed by atoms with Crippen molar-refractivity contribution in [3.05, 3.63) is 45.7 Å². The van der Waals surface area contributed by atoms with E-state index < -0.39 is 28.9 Å². The summed E-state index contributed by atoms with van der Waals surface area (Å²) in [6.07, 6.45) is 2.82. The molecule has 0 aliphatic heterocycles. The average molecular weight is 298 g/mol. The van der Waals surface area contributed by atoms with Gasteiger partial charge in [-0.05, 0) is 31.4 Å². The SMILES string of the molecule is O=C(Nc1nc2c(s1)CCC2)c1ccc(F)c(F)c1F. The monoisotopic (exact) mass is 298 g/mol. The van der Waals surface area contributed by atoms with E-state index in [0.717, 1.165) is 42.0 Å². The Kier molecular flexibility index (Phi) is 3.21. The van der Waals surface area contributed by atoms with Crippen LogP contribution in [-0.4, -0.2) is 10.9 Å². The van der Waals surface area contributed by atoms with Crippen molar-refractivity contribution in [1.82, 2.24) is 4.98 Å². The molecule has 1 aromatic heterocycles. The maximum Gasteiger partial charge on any atom is 0.260 e. The number of nitrogens with zero attached hydrogens (tertiary/aromatic N) is 1. The number of fused-ring (bicyclic) bond motifs is 1. The van der Waals surface area contributed by atoms with E-state index in [1.807, 2.05) is 0 Å². The van der Waals surface area contributed by atoms with Gasteiger partial charge in [0.15, 0.2) is 22.6 Å². The van der Waals surface area contributed by atoms with Crippen molar-refractivity contribution in [1.29, 1.82) is 0 Å². The molecule has 1 aliphatic rings. The second-order valence-electron chi connectivity index (χ2n) is 4.42. The predicted molar refractivity (Wildman–Crippen MR) is 68.4 cm³/mol. The van der Waals surface area contributed by atoms with E-state index in [1.165, 1.54) is 11.3 Å². The minimum atomic E-state index is -1.65. The van der Waals surface area contributed by atoms with Gasteiger partial charge < -0.3 is 0 Å². The molecule has 1 aromatic carbocycles. The van der Waals surface area contributed by atoms with Gasteiger partial charge in [-0.25, -0.2) is 18.2 Å². The minimum absolute atomic E-state index is 0.351. The summed E-state index contributed by atoms with van der Waals surface area (Å²) in [6.45, 7) is 0. The number of aromatic nitrogens is 1. The number of amides is 1. The maximum absolute atomic E-state index is 13.5. The van der Waals surface area contributed by atoms with E-state index in [4.69, 9.17) is 0 Å². The second kappa shape index (κ2) is 4.90. The number of anilines is 1. The fourth-order valence-electron chi connectivity index (χ4n) is 2.11. The van der Waals surface area contributed by atoms with Gasteiger partial charge in [-0.1, -0.05) is 0 Å². The Bertz CT molecular complexity index is 678. The molecule has 0 saturated carbocycles. The third-order valence-corrected chi connectivity index (χ3v) is 4.17. The molecule has 0 fully saturated rings. The lowest BCUT2D eigenvalue weighted by atomic mass is 10.2. The zero-order valence-corrected chi connectivity index (χ0v) is 11.0. The number of hydrogen-bond donors (Lipinski definition) is 1. The van der Waals surface area contributed by atoms with Crippen LogP contribution >= 0.6 is 11.3 Å². The summed E-state index contributed by atoms with van der Waals surface area (Å²) in [4.78, 5) is 17.2. The van der Waals surface area contributed by atoms with E-state index >= 15 is 0 Å². The molecule has 2 aromatic rings. The summed E-state index contributed by atoms with van der Waals surface area (Å²) >= 11 is 1.32. The van der Waals surface area contributed by atoms with Crippen LogP contribution in [-0.2, 0) is 12.8 Å². The fourth-order valence-corrected chi connectivity index (χ4v) is 3.15. The highest BCUT2D eigenvalue weighted by Crippen LogP contribution is 2.30. The molecular weight excluding hydrogens is 289 g/mol. The zero-order valence-electron chi connectivity index (χ0n) is 10.2. The number of halogens is 3. The summed E-state index contributed by atoms with van der Waals surface area (Å²) in [5.74, 6) is -5.31. The number of hydrogen-bond acceptors (Lipinski definition) is 3. The summed E-state index contributed by atoms with van der Waals surface area (Å²) < 4.78 is 39.4. The Morgan fingerprint density at radius 2 is 2.00 bits per heavy atom. The highest BCUT2D eigenvalue weighted by Gasteiger charge is 2.21. The summed E-state index contributed by atoms with van der Waals surface area (Å²) in [6, 6.07) is 1.62. The van der Waals surface area contributed by atoms with Crippen molar-refractivity contribution in [3.63, 3.8) is 0 Å². The fraction of sp³-hybridized carbons (Fsp3) is 0.231. The largest absolute Gasteiger partial charge is 0.298 e. The average Bonchev–Trinajstić information content (AvgIpc) is 2.96. The Hall–Kier alpha value is -1.89. The van der Waals surface area contributed by atoms with Crippen LogP contribution < -0.4 is 5.32 Å². The van der Waals surface area contributed by atoms with E-state index in [9.17, 15) is 18.0 Å². The highest BCUT2D eigenvalue weighted by atomic mass is 32.1. The molecule has 0 atom stereocenters. The van der Waals surface area contributed by atoms with Crippen molar-refractivity contribution < 1.29 is 18.0 Å². The molecule has 0 bridgehead atoms. The molecule has 7 heteroatoms. The van der Waals surface area contributed by atoms with Gasteiger partial charge in [-0.3, -0.25) is 10.1 Å². The molecule has 0 spiro atoms. The molecule has 104 valence electrons. The van der Waals surface area contributed by atoms with E-state index in [-0.39, 0.29) is 0 Å².